The number of carbonyl (C=O) groups excluding carboxylic acids is 1. The minimum Gasteiger partial charge on any atom is -0.336 e. The number of aromatic nitrogens is 2. The zero-order valence-corrected chi connectivity index (χ0v) is 15.1. The monoisotopic (exact) mass is 368 g/mol. The van der Waals surface area contributed by atoms with Gasteiger partial charge in [-0.2, -0.15) is 5.10 Å². The summed E-state index contributed by atoms with van der Waals surface area (Å²) in [5, 5.41) is 4.98. The molecule has 0 aliphatic rings. The lowest BCUT2D eigenvalue weighted by molar-refractivity contribution is 0.0755. The third kappa shape index (κ3) is 4.31. The molecule has 134 valence electrons. The van der Waals surface area contributed by atoms with Gasteiger partial charge in [-0.15, -0.1) is 0 Å². The molecule has 2 N–H and O–H groups in total. The maximum atomic E-state index is 12.8. The summed E-state index contributed by atoms with van der Waals surface area (Å²) in [6.45, 7) is 1.50. The van der Waals surface area contributed by atoms with Crippen molar-refractivity contribution in [3.8, 4) is 5.69 Å². The lowest BCUT2D eigenvalue weighted by Crippen LogP contribution is -2.37. The van der Waals surface area contributed by atoms with Gasteiger partial charge in [0.1, 0.15) is 0 Å². The first-order valence-corrected chi connectivity index (χ1v) is 8.90. The number of nitrogens with two attached hydrogens (primary N) is 1. The highest BCUT2D eigenvalue weighted by Gasteiger charge is 2.18. The van der Waals surface area contributed by atoms with Gasteiger partial charge < -0.3 is 10.6 Å². The highest BCUT2D eigenvalue weighted by atomic mass is 35.5. The van der Waals surface area contributed by atoms with Gasteiger partial charge in [-0.1, -0.05) is 54.1 Å². The molecule has 0 unspecified atom stereocenters. The summed E-state index contributed by atoms with van der Waals surface area (Å²) < 4.78 is 1.62. The zero-order chi connectivity index (χ0) is 18.4. The van der Waals surface area contributed by atoms with Crippen LogP contribution in [0.5, 0.6) is 0 Å². The number of benzene rings is 2. The number of carbonyl (C=O) groups is 1. The van der Waals surface area contributed by atoms with Crippen molar-refractivity contribution in [3.63, 3.8) is 0 Å². The van der Waals surface area contributed by atoms with E-state index in [1.807, 2.05) is 36.4 Å². The molecule has 1 aromatic heterocycles. The molecule has 2 aromatic carbocycles. The van der Waals surface area contributed by atoms with E-state index in [4.69, 9.17) is 17.3 Å². The van der Waals surface area contributed by atoms with Crippen molar-refractivity contribution >= 4 is 17.5 Å². The first-order chi connectivity index (χ1) is 12.7. The molecule has 0 spiro atoms. The second-order valence-corrected chi connectivity index (χ2v) is 6.32. The van der Waals surface area contributed by atoms with E-state index in [-0.39, 0.29) is 5.91 Å². The van der Waals surface area contributed by atoms with Gasteiger partial charge in [-0.05, 0) is 30.2 Å². The Morgan fingerprint density at radius 1 is 1.04 bits per heavy atom. The fourth-order valence-electron chi connectivity index (χ4n) is 2.75. The molecular weight excluding hydrogens is 348 g/mol. The molecule has 0 bridgehead atoms. The quantitative estimate of drug-likeness (QED) is 0.696. The molecule has 3 rings (SSSR count). The number of hydrogen-bond acceptors (Lipinski definition) is 3. The predicted octanol–water partition coefficient (Wildman–Crippen LogP) is 3.17. The lowest BCUT2D eigenvalue weighted by atomic mass is 10.1. The Morgan fingerprint density at radius 3 is 2.50 bits per heavy atom. The number of nitrogens with zero attached hydrogens (tertiary/aromatic N) is 3. The predicted molar refractivity (Wildman–Crippen MR) is 104 cm³/mol. The van der Waals surface area contributed by atoms with Crippen molar-refractivity contribution in [1.82, 2.24) is 14.7 Å². The SMILES string of the molecule is NCCN(CCc1ccccc1)C(=O)c1ccn(-c2ccccc2Cl)n1. The number of para-hydroxylation sites is 1. The van der Waals surface area contributed by atoms with Gasteiger partial charge in [0, 0.05) is 25.8 Å². The average Bonchev–Trinajstić information content (AvgIpc) is 3.15. The number of halogens is 1. The molecular formula is C20H21ClN4O. The van der Waals surface area contributed by atoms with E-state index in [9.17, 15) is 4.79 Å². The van der Waals surface area contributed by atoms with E-state index in [1.54, 1.807) is 27.9 Å². The van der Waals surface area contributed by atoms with E-state index in [1.165, 1.54) is 5.56 Å². The van der Waals surface area contributed by atoms with Crippen LogP contribution in [-0.2, 0) is 6.42 Å². The third-order valence-corrected chi connectivity index (χ3v) is 4.43. The standard InChI is InChI=1S/C20H21ClN4O/c21-17-8-4-5-9-19(17)25-14-11-18(23-25)20(26)24(15-12-22)13-10-16-6-2-1-3-7-16/h1-9,11,14H,10,12-13,15,22H2. The van der Waals surface area contributed by atoms with Crippen LogP contribution in [0.4, 0.5) is 0 Å². The molecule has 1 amide bonds. The number of amides is 1. The second-order valence-electron chi connectivity index (χ2n) is 5.91. The van der Waals surface area contributed by atoms with Crippen LogP contribution >= 0.6 is 11.6 Å². The Labute approximate surface area is 158 Å². The summed E-state index contributed by atoms with van der Waals surface area (Å²) >= 11 is 6.20. The van der Waals surface area contributed by atoms with E-state index in [0.29, 0.717) is 30.4 Å². The summed E-state index contributed by atoms with van der Waals surface area (Å²) in [7, 11) is 0. The Kier molecular flexibility index (Phi) is 6.04. The van der Waals surface area contributed by atoms with Crippen LogP contribution in [-0.4, -0.2) is 40.2 Å². The van der Waals surface area contributed by atoms with Gasteiger partial charge >= 0.3 is 0 Å². The maximum absolute atomic E-state index is 12.8. The highest BCUT2D eigenvalue weighted by Crippen LogP contribution is 2.19. The molecule has 5 nitrogen and oxygen atoms in total. The molecule has 0 aliphatic carbocycles. The van der Waals surface area contributed by atoms with Gasteiger partial charge in [-0.3, -0.25) is 4.79 Å². The molecule has 1 heterocycles. The maximum Gasteiger partial charge on any atom is 0.274 e. The van der Waals surface area contributed by atoms with Crippen molar-refractivity contribution in [3.05, 3.63) is 83.1 Å². The van der Waals surface area contributed by atoms with Gasteiger partial charge in [0.15, 0.2) is 5.69 Å². The summed E-state index contributed by atoms with van der Waals surface area (Å²) in [4.78, 5) is 14.6. The normalized spacial score (nSPS) is 10.7. The molecule has 26 heavy (non-hydrogen) atoms. The molecule has 0 fully saturated rings. The van der Waals surface area contributed by atoms with Gasteiger partial charge in [-0.25, -0.2) is 4.68 Å². The molecule has 0 radical (unpaired) electrons. The fraction of sp³-hybridized carbons (Fsp3) is 0.200. The smallest absolute Gasteiger partial charge is 0.274 e. The van der Waals surface area contributed by atoms with Crippen molar-refractivity contribution in [2.75, 3.05) is 19.6 Å². The lowest BCUT2D eigenvalue weighted by Gasteiger charge is -2.21. The number of hydrogen-bond donors (Lipinski definition) is 1. The molecule has 6 heteroatoms. The molecule has 0 saturated carbocycles. The Bertz CT molecular complexity index is 863. The highest BCUT2D eigenvalue weighted by molar-refractivity contribution is 6.32. The van der Waals surface area contributed by atoms with Gasteiger partial charge in [0.25, 0.3) is 5.91 Å². The van der Waals surface area contributed by atoms with E-state index >= 15 is 0 Å². The Balaban J connectivity index is 1.74. The molecule has 3 aromatic rings. The van der Waals surface area contributed by atoms with Gasteiger partial charge in [0.05, 0.1) is 10.7 Å². The molecule has 0 saturated heterocycles. The van der Waals surface area contributed by atoms with E-state index in [2.05, 4.69) is 17.2 Å². The van der Waals surface area contributed by atoms with Crippen molar-refractivity contribution < 1.29 is 4.79 Å². The average molecular weight is 369 g/mol. The minimum absolute atomic E-state index is 0.128. The van der Waals surface area contributed by atoms with E-state index in [0.717, 1.165) is 12.1 Å². The van der Waals surface area contributed by atoms with Crippen LogP contribution < -0.4 is 5.73 Å². The summed E-state index contributed by atoms with van der Waals surface area (Å²) in [6, 6.07) is 19.2. The van der Waals surface area contributed by atoms with Crippen molar-refractivity contribution in [2.45, 2.75) is 6.42 Å². The Hall–Kier alpha value is -2.63. The van der Waals surface area contributed by atoms with Crippen molar-refractivity contribution in [2.24, 2.45) is 5.73 Å². The van der Waals surface area contributed by atoms with Crippen molar-refractivity contribution in [1.29, 1.82) is 0 Å². The first kappa shape index (κ1) is 18.2. The molecule has 0 atom stereocenters. The second kappa shape index (κ2) is 8.65. The van der Waals surface area contributed by atoms with Crippen LogP contribution in [0.15, 0.2) is 66.9 Å². The first-order valence-electron chi connectivity index (χ1n) is 8.53. The Morgan fingerprint density at radius 2 is 1.77 bits per heavy atom. The van der Waals surface area contributed by atoms with E-state index < -0.39 is 0 Å². The van der Waals surface area contributed by atoms with Crippen LogP contribution in [0, 0.1) is 0 Å². The third-order valence-electron chi connectivity index (χ3n) is 4.11. The van der Waals surface area contributed by atoms with Crippen LogP contribution in [0.3, 0.4) is 0 Å². The summed E-state index contributed by atoms with van der Waals surface area (Å²) in [5.74, 6) is -0.128. The fourth-order valence-corrected chi connectivity index (χ4v) is 2.97. The van der Waals surface area contributed by atoms with Crippen LogP contribution in [0.2, 0.25) is 5.02 Å². The van der Waals surface area contributed by atoms with Crippen LogP contribution in [0.1, 0.15) is 16.1 Å². The largest absolute Gasteiger partial charge is 0.336 e. The summed E-state index contributed by atoms with van der Waals surface area (Å²) in [6.07, 6.45) is 2.52. The van der Waals surface area contributed by atoms with Gasteiger partial charge in [0.2, 0.25) is 0 Å². The zero-order valence-electron chi connectivity index (χ0n) is 14.4. The topological polar surface area (TPSA) is 64.2 Å². The van der Waals surface area contributed by atoms with Crippen LogP contribution in [0.25, 0.3) is 5.69 Å². The molecule has 0 aliphatic heterocycles. The summed E-state index contributed by atoms with van der Waals surface area (Å²) in [5.41, 5.74) is 8.00. The minimum atomic E-state index is -0.128. The number of rotatable bonds is 7.